The van der Waals surface area contributed by atoms with Gasteiger partial charge in [0.25, 0.3) is 0 Å². The Kier molecular flexibility index (Phi) is 6.11. The van der Waals surface area contributed by atoms with Gasteiger partial charge in [0.2, 0.25) is 0 Å². The third-order valence-corrected chi connectivity index (χ3v) is 2.83. The molecule has 6 heteroatoms. The van der Waals surface area contributed by atoms with E-state index in [1.54, 1.807) is 19.1 Å². The van der Waals surface area contributed by atoms with Crippen molar-refractivity contribution in [3.63, 3.8) is 0 Å². The molecule has 0 saturated heterocycles. The fraction of sp³-hybridized carbons (Fsp3) is 0.500. The first-order valence-electron chi connectivity index (χ1n) is 6.28. The van der Waals surface area contributed by atoms with Crippen molar-refractivity contribution in [1.82, 2.24) is 0 Å². The summed E-state index contributed by atoms with van der Waals surface area (Å²) in [6.45, 7) is 2.08. The van der Waals surface area contributed by atoms with E-state index in [1.165, 1.54) is 21.3 Å². The molecule has 1 rings (SSSR count). The Morgan fingerprint density at radius 2 is 1.65 bits per heavy atom. The Bertz CT molecular complexity index is 461. The molecule has 0 heterocycles. The first-order valence-corrected chi connectivity index (χ1v) is 6.28. The molecule has 1 atom stereocenters. The molecule has 1 aromatic carbocycles. The van der Waals surface area contributed by atoms with Crippen LogP contribution in [0, 0.1) is 0 Å². The Labute approximate surface area is 118 Å². The normalized spacial score (nSPS) is 11.7. The fourth-order valence-electron chi connectivity index (χ4n) is 1.85. The van der Waals surface area contributed by atoms with Crippen LogP contribution in [-0.4, -0.2) is 33.9 Å². The summed E-state index contributed by atoms with van der Waals surface area (Å²) >= 11 is 0. The van der Waals surface area contributed by atoms with Gasteiger partial charge >= 0.3 is 5.97 Å². The van der Waals surface area contributed by atoms with Crippen LogP contribution in [0.1, 0.15) is 24.9 Å². The monoisotopic (exact) mass is 283 g/mol. The summed E-state index contributed by atoms with van der Waals surface area (Å²) in [5, 5.41) is 0. The molecule has 0 saturated carbocycles. The number of hydrogen-bond acceptors (Lipinski definition) is 6. The van der Waals surface area contributed by atoms with Crippen molar-refractivity contribution in [1.29, 1.82) is 0 Å². The highest BCUT2D eigenvalue weighted by Crippen LogP contribution is 2.37. The maximum atomic E-state index is 11.5. The van der Waals surface area contributed by atoms with Crippen LogP contribution in [-0.2, 0) is 9.53 Å². The highest BCUT2D eigenvalue weighted by atomic mass is 16.5. The Balaban J connectivity index is 3.05. The topological polar surface area (TPSA) is 80.0 Å². The minimum Gasteiger partial charge on any atom is -0.496 e. The second kappa shape index (κ2) is 7.59. The van der Waals surface area contributed by atoms with E-state index in [2.05, 4.69) is 0 Å². The predicted octanol–water partition coefficient (Wildman–Crippen LogP) is 1.67. The van der Waals surface area contributed by atoms with Crippen LogP contribution < -0.4 is 19.9 Å². The number of carbonyl (C=O) groups excluding carboxylic acids is 1. The molecule has 0 aromatic heterocycles. The van der Waals surface area contributed by atoms with Crippen LogP contribution in [0.5, 0.6) is 17.2 Å². The Hall–Kier alpha value is -1.95. The van der Waals surface area contributed by atoms with E-state index in [4.69, 9.17) is 24.7 Å². The predicted molar refractivity (Wildman–Crippen MR) is 74.3 cm³/mol. The van der Waals surface area contributed by atoms with Gasteiger partial charge in [-0.25, -0.2) is 0 Å². The number of hydrogen-bond donors (Lipinski definition) is 1. The summed E-state index contributed by atoms with van der Waals surface area (Å²) < 4.78 is 20.6. The van der Waals surface area contributed by atoms with Crippen molar-refractivity contribution in [2.45, 2.75) is 19.4 Å². The second-order valence-corrected chi connectivity index (χ2v) is 4.06. The molecule has 6 nitrogen and oxygen atoms in total. The average molecular weight is 283 g/mol. The van der Waals surface area contributed by atoms with E-state index in [0.29, 0.717) is 29.4 Å². The molecule has 0 aliphatic carbocycles. The van der Waals surface area contributed by atoms with Crippen LogP contribution >= 0.6 is 0 Å². The molecule has 0 spiro atoms. The van der Waals surface area contributed by atoms with Gasteiger partial charge in [0, 0.05) is 17.7 Å². The fourth-order valence-corrected chi connectivity index (χ4v) is 1.85. The number of methoxy groups -OCH3 is 3. The number of esters is 1. The maximum absolute atomic E-state index is 11.5. The summed E-state index contributed by atoms with van der Waals surface area (Å²) in [5.74, 6) is 1.26. The van der Waals surface area contributed by atoms with Gasteiger partial charge in [-0.3, -0.25) is 4.79 Å². The molecule has 0 aliphatic rings. The molecular weight excluding hydrogens is 262 g/mol. The molecule has 0 amide bonds. The average Bonchev–Trinajstić information content (AvgIpc) is 2.45. The summed E-state index contributed by atoms with van der Waals surface area (Å²) in [6.07, 6.45) is 0.0691. The van der Waals surface area contributed by atoms with Gasteiger partial charge in [0.1, 0.15) is 5.75 Å². The van der Waals surface area contributed by atoms with E-state index in [1.807, 2.05) is 0 Å². The van der Waals surface area contributed by atoms with E-state index in [0.717, 1.165) is 0 Å². The van der Waals surface area contributed by atoms with Crippen LogP contribution in [0.2, 0.25) is 0 Å². The number of ether oxygens (including phenoxy) is 4. The van der Waals surface area contributed by atoms with Crippen molar-refractivity contribution in [3.8, 4) is 17.2 Å². The van der Waals surface area contributed by atoms with Gasteiger partial charge in [0.15, 0.2) is 11.5 Å². The van der Waals surface area contributed by atoms with Gasteiger partial charge < -0.3 is 24.7 Å². The summed E-state index contributed by atoms with van der Waals surface area (Å²) in [4.78, 5) is 11.5. The molecule has 112 valence electrons. The third-order valence-electron chi connectivity index (χ3n) is 2.83. The highest BCUT2D eigenvalue weighted by Gasteiger charge is 2.20. The van der Waals surface area contributed by atoms with Crippen LogP contribution in [0.15, 0.2) is 12.1 Å². The van der Waals surface area contributed by atoms with Crippen molar-refractivity contribution < 1.29 is 23.7 Å². The van der Waals surface area contributed by atoms with Crippen LogP contribution in [0.3, 0.4) is 0 Å². The summed E-state index contributed by atoms with van der Waals surface area (Å²) in [7, 11) is 4.60. The molecule has 0 bridgehead atoms. The lowest BCUT2D eigenvalue weighted by Crippen LogP contribution is -2.18. The highest BCUT2D eigenvalue weighted by molar-refractivity contribution is 5.71. The van der Waals surface area contributed by atoms with Crippen molar-refractivity contribution in [3.05, 3.63) is 17.7 Å². The zero-order chi connectivity index (χ0) is 15.1. The largest absolute Gasteiger partial charge is 0.496 e. The van der Waals surface area contributed by atoms with Crippen molar-refractivity contribution in [2.24, 2.45) is 5.73 Å². The summed E-state index contributed by atoms with van der Waals surface area (Å²) in [5.41, 5.74) is 6.71. The lowest BCUT2D eigenvalue weighted by atomic mass is 10.0. The van der Waals surface area contributed by atoms with Gasteiger partial charge in [0.05, 0.1) is 34.4 Å². The second-order valence-electron chi connectivity index (χ2n) is 4.06. The molecule has 0 radical (unpaired) electrons. The standard InChI is InChI=1S/C14H21NO5/c1-5-20-14(16)7-10(15)9-6-12(18-3)13(19-4)8-11(9)17-2/h6,8,10H,5,7,15H2,1-4H3/t10-/m0/s1. The lowest BCUT2D eigenvalue weighted by molar-refractivity contribution is -0.143. The van der Waals surface area contributed by atoms with E-state index >= 15 is 0 Å². The number of benzene rings is 1. The van der Waals surface area contributed by atoms with Crippen LogP contribution in [0.4, 0.5) is 0 Å². The Morgan fingerprint density at radius 3 is 2.15 bits per heavy atom. The van der Waals surface area contributed by atoms with E-state index < -0.39 is 6.04 Å². The minimum absolute atomic E-state index is 0.0691. The zero-order valence-electron chi connectivity index (χ0n) is 12.3. The molecule has 1 aromatic rings. The summed E-state index contributed by atoms with van der Waals surface area (Å²) in [6, 6.07) is 2.85. The SMILES string of the molecule is CCOC(=O)C[C@H](N)c1cc(OC)c(OC)cc1OC. The maximum Gasteiger partial charge on any atom is 0.307 e. The molecule has 0 aliphatic heterocycles. The first kappa shape index (κ1) is 16.1. The Morgan fingerprint density at radius 1 is 1.10 bits per heavy atom. The number of rotatable bonds is 7. The molecule has 0 fully saturated rings. The molecule has 2 N–H and O–H groups in total. The van der Waals surface area contributed by atoms with Crippen molar-refractivity contribution in [2.75, 3.05) is 27.9 Å². The van der Waals surface area contributed by atoms with E-state index in [-0.39, 0.29) is 12.4 Å². The molecular formula is C14H21NO5. The lowest BCUT2D eigenvalue weighted by Gasteiger charge is -2.18. The van der Waals surface area contributed by atoms with Gasteiger partial charge in [-0.15, -0.1) is 0 Å². The van der Waals surface area contributed by atoms with Gasteiger partial charge in [-0.1, -0.05) is 0 Å². The minimum atomic E-state index is -0.538. The van der Waals surface area contributed by atoms with Crippen molar-refractivity contribution >= 4 is 5.97 Å². The molecule has 20 heavy (non-hydrogen) atoms. The first-order chi connectivity index (χ1) is 9.57. The van der Waals surface area contributed by atoms with Crippen LogP contribution in [0.25, 0.3) is 0 Å². The van der Waals surface area contributed by atoms with Gasteiger partial charge in [-0.2, -0.15) is 0 Å². The zero-order valence-corrected chi connectivity index (χ0v) is 12.3. The quantitative estimate of drug-likeness (QED) is 0.767. The number of carbonyl (C=O) groups is 1. The number of nitrogens with two attached hydrogens (primary N) is 1. The van der Waals surface area contributed by atoms with Gasteiger partial charge in [-0.05, 0) is 13.0 Å². The molecule has 0 unspecified atom stereocenters. The van der Waals surface area contributed by atoms with E-state index in [9.17, 15) is 4.79 Å². The third kappa shape index (κ3) is 3.77. The smallest absolute Gasteiger partial charge is 0.307 e.